The van der Waals surface area contributed by atoms with Crippen LogP contribution in [0.3, 0.4) is 0 Å². The van der Waals surface area contributed by atoms with E-state index in [0.29, 0.717) is 11.3 Å². The van der Waals surface area contributed by atoms with Crippen LogP contribution in [0.25, 0.3) is 0 Å². The van der Waals surface area contributed by atoms with Crippen molar-refractivity contribution in [2.24, 2.45) is 5.73 Å². The van der Waals surface area contributed by atoms with Crippen LogP contribution in [0.2, 0.25) is 0 Å². The molecule has 1 aromatic heterocycles. The monoisotopic (exact) mass is 307 g/mol. The lowest BCUT2D eigenvalue weighted by Gasteiger charge is -2.11. The number of thiocarbonyl (C=S) groups is 1. The standard InChI is InChI=1S/C13H13N3O2S2/c1-9-4-5-10(13(14)19)7-12(9)16-20(17,18)11-3-2-6-15-8-11/h2-8,16H,1H3,(H2,14,19). The molecule has 104 valence electrons. The molecule has 0 bridgehead atoms. The molecule has 0 spiro atoms. The van der Waals surface area contributed by atoms with Crippen LogP contribution in [0.15, 0.2) is 47.6 Å². The van der Waals surface area contributed by atoms with Crippen molar-refractivity contribution in [2.45, 2.75) is 11.8 Å². The summed E-state index contributed by atoms with van der Waals surface area (Å²) in [6, 6.07) is 8.16. The van der Waals surface area contributed by atoms with Gasteiger partial charge in [-0.3, -0.25) is 9.71 Å². The van der Waals surface area contributed by atoms with Crippen molar-refractivity contribution in [3.05, 3.63) is 53.9 Å². The van der Waals surface area contributed by atoms with Gasteiger partial charge in [0, 0.05) is 18.0 Å². The number of aryl methyl sites for hydroxylation is 1. The predicted octanol–water partition coefficient (Wildman–Crippen LogP) is 1.83. The number of rotatable bonds is 4. The van der Waals surface area contributed by atoms with Gasteiger partial charge in [-0.1, -0.05) is 24.4 Å². The minimum absolute atomic E-state index is 0.0973. The van der Waals surface area contributed by atoms with Gasteiger partial charge >= 0.3 is 0 Å². The number of benzene rings is 1. The lowest BCUT2D eigenvalue weighted by atomic mass is 10.1. The van der Waals surface area contributed by atoms with Crippen molar-refractivity contribution in [1.29, 1.82) is 0 Å². The smallest absolute Gasteiger partial charge is 0.263 e. The van der Waals surface area contributed by atoms with Gasteiger partial charge in [0.1, 0.15) is 9.88 Å². The Balaban J connectivity index is 2.39. The number of hydrogen-bond acceptors (Lipinski definition) is 4. The Kier molecular flexibility index (Phi) is 4.01. The summed E-state index contributed by atoms with van der Waals surface area (Å²) in [5.41, 5.74) is 7.38. The highest BCUT2D eigenvalue weighted by atomic mass is 32.2. The summed E-state index contributed by atoms with van der Waals surface area (Å²) in [5, 5.41) is 0. The molecular formula is C13H13N3O2S2. The number of aromatic nitrogens is 1. The van der Waals surface area contributed by atoms with E-state index in [1.165, 1.54) is 18.5 Å². The highest BCUT2D eigenvalue weighted by Crippen LogP contribution is 2.20. The van der Waals surface area contributed by atoms with Gasteiger partial charge in [-0.2, -0.15) is 0 Å². The average molecular weight is 307 g/mol. The number of anilines is 1. The summed E-state index contributed by atoms with van der Waals surface area (Å²) in [6.45, 7) is 1.80. The molecule has 1 aromatic carbocycles. The minimum Gasteiger partial charge on any atom is -0.389 e. The number of pyridine rings is 1. The summed E-state index contributed by atoms with van der Waals surface area (Å²) >= 11 is 4.89. The number of nitrogens with one attached hydrogen (secondary N) is 1. The Morgan fingerprint density at radius 2 is 2.10 bits per heavy atom. The molecule has 20 heavy (non-hydrogen) atoms. The molecule has 0 aliphatic heterocycles. The lowest BCUT2D eigenvalue weighted by molar-refractivity contribution is 0.601. The second-order valence-electron chi connectivity index (χ2n) is 4.19. The van der Waals surface area contributed by atoms with E-state index in [4.69, 9.17) is 18.0 Å². The molecule has 2 aromatic rings. The van der Waals surface area contributed by atoms with Crippen LogP contribution in [-0.2, 0) is 10.0 Å². The largest absolute Gasteiger partial charge is 0.389 e. The number of nitrogens with zero attached hydrogens (tertiary/aromatic N) is 1. The van der Waals surface area contributed by atoms with Crippen molar-refractivity contribution in [2.75, 3.05) is 4.72 Å². The zero-order valence-corrected chi connectivity index (χ0v) is 12.3. The van der Waals surface area contributed by atoms with Crippen LogP contribution in [0, 0.1) is 6.92 Å². The summed E-state index contributed by atoms with van der Waals surface area (Å²) in [4.78, 5) is 4.11. The molecule has 0 saturated heterocycles. The second kappa shape index (κ2) is 5.56. The molecule has 0 amide bonds. The highest BCUT2D eigenvalue weighted by molar-refractivity contribution is 7.92. The van der Waals surface area contributed by atoms with Gasteiger partial charge in [-0.05, 0) is 30.7 Å². The van der Waals surface area contributed by atoms with E-state index in [1.807, 2.05) is 0 Å². The van der Waals surface area contributed by atoms with Crippen molar-refractivity contribution in [3.63, 3.8) is 0 Å². The quantitative estimate of drug-likeness (QED) is 0.842. The Bertz CT molecular complexity index is 743. The lowest BCUT2D eigenvalue weighted by Crippen LogP contribution is -2.15. The first-order valence-corrected chi connectivity index (χ1v) is 7.62. The van der Waals surface area contributed by atoms with Crippen molar-refractivity contribution >= 4 is 32.9 Å². The Morgan fingerprint density at radius 3 is 2.70 bits per heavy atom. The zero-order chi connectivity index (χ0) is 14.8. The first kappa shape index (κ1) is 14.4. The van der Waals surface area contributed by atoms with E-state index in [1.54, 1.807) is 31.2 Å². The van der Waals surface area contributed by atoms with Crippen LogP contribution < -0.4 is 10.5 Å². The molecule has 0 saturated carbocycles. The maximum absolute atomic E-state index is 12.2. The van der Waals surface area contributed by atoms with Crippen molar-refractivity contribution in [3.8, 4) is 0 Å². The molecule has 0 fully saturated rings. The van der Waals surface area contributed by atoms with E-state index < -0.39 is 10.0 Å². The van der Waals surface area contributed by atoms with E-state index in [2.05, 4.69) is 9.71 Å². The SMILES string of the molecule is Cc1ccc(C(N)=S)cc1NS(=O)(=O)c1cccnc1. The van der Waals surface area contributed by atoms with Gasteiger partial charge in [0.15, 0.2) is 0 Å². The molecule has 1 heterocycles. The first-order chi connectivity index (χ1) is 9.40. The third-order valence-corrected chi connectivity index (χ3v) is 4.30. The maximum atomic E-state index is 12.2. The fourth-order valence-corrected chi connectivity index (χ4v) is 2.81. The third-order valence-electron chi connectivity index (χ3n) is 2.71. The van der Waals surface area contributed by atoms with Gasteiger partial charge in [-0.15, -0.1) is 0 Å². The predicted molar refractivity (Wildman–Crippen MR) is 82.1 cm³/mol. The van der Waals surface area contributed by atoms with Gasteiger partial charge < -0.3 is 5.73 Å². The van der Waals surface area contributed by atoms with Crippen LogP contribution in [0.5, 0.6) is 0 Å². The summed E-state index contributed by atoms with van der Waals surface area (Å²) in [7, 11) is -3.67. The average Bonchev–Trinajstić information content (AvgIpc) is 2.42. The van der Waals surface area contributed by atoms with Crippen LogP contribution >= 0.6 is 12.2 Å². The number of sulfonamides is 1. The third kappa shape index (κ3) is 3.12. The Hall–Kier alpha value is -1.99. The number of hydrogen-bond donors (Lipinski definition) is 2. The van der Waals surface area contributed by atoms with Gasteiger partial charge in [0.05, 0.1) is 5.69 Å². The highest BCUT2D eigenvalue weighted by Gasteiger charge is 2.15. The molecule has 7 heteroatoms. The van der Waals surface area contributed by atoms with E-state index >= 15 is 0 Å². The summed E-state index contributed by atoms with van der Waals surface area (Å²) in [5.74, 6) is 0. The van der Waals surface area contributed by atoms with Gasteiger partial charge in [0.25, 0.3) is 10.0 Å². The van der Waals surface area contributed by atoms with E-state index in [9.17, 15) is 8.42 Å². The Labute approximate surface area is 122 Å². The molecule has 0 radical (unpaired) electrons. The molecule has 0 aliphatic rings. The summed E-state index contributed by atoms with van der Waals surface area (Å²) in [6.07, 6.45) is 2.80. The fraction of sp³-hybridized carbons (Fsp3) is 0.0769. The van der Waals surface area contributed by atoms with E-state index in [0.717, 1.165) is 5.56 Å². The Morgan fingerprint density at radius 1 is 1.35 bits per heavy atom. The second-order valence-corrected chi connectivity index (χ2v) is 6.31. The van der Waals surface area contributed by atoms with Crippen molar-refractivity contribution < 1.29 is 8.42 Å². The normalized spacial score (nSPS) is 11.1. The molecule has 0 aliphatic carbocycles. The fourth-order valence-electron chi connectivity index (χ4n) is 1.59. The topological polar surface area (TPSA) is 85.1 Å². The molecule has 5 nitrogen and oxygen atoms in total. The molecule has 0 atom stereocenters. The molecule has 3 N–H and O–H groups in total. The minimum atomic E-state index is -3.67. The molecule has 2 rings (SSSR count). The summed E-state index contributed by atoms with van der Waals surface area (Å²) < 4.78 is 27.0. The van der Waals surface area contributed by atoms with Gasteiger partial charge in [0.2, 0.25) is 0 Å². The van der Waals surface area contributed by atoms with Gasteiger partial charge in [-0.25, -0.2) is 8.42 Å². The van der Waals surface area contributed by atoms with Crippen LogP contribution in [-0.4, -0.2) is 18.4 Å². The molecule has 0 unspecified atom stereocenters. The number of nitrogens with two attached hydrogens (primary N) is 1. The van der Waals surface area contributed by atoms with Crippen molar-refractivity contribution in [1.82, 2.24) is 4.98 Å². The van der Waals surface area contributed by atoms with Crippen LogP contribution in [0.1, 0.15) is 11.1 Å². The molecular weight excluding hydrogens is 294 g/mol. The maximum Gasteiger partial charge on any atom is 0.263 e. The first-order valence-electron chi connectivity index (χ1n) is 5.73. The van der Waals surface area contributed by atoms with Crippen LogP contribution in [0.4, 0.5) is 5.69 Å². The zero-order valence-electron chi connectivity index (χ0n) is 10.7. The van der Waals surface area contributed by atoms with E-state index in [-0.39, 0.29) is 9.88 Å².